The number of Topliss-reactive ketones (excluding diaryl/α,β-unsaturated/α-hetero) is 1. The smallest absolute Gasteiger partial charge is 0.208 e. The zero-order valence-corrected chi connectivity index (χ0v) is 11.2. The maximum atomic E-state index is 13.1. The van der Waals surface area contributed by atoms with Crippen LogP contribution in [0.25, 0.3) is 0 Å². The van der Waals surface area contributed by atoms with Crippen molar-refractivity contribution in [2.24, 2.45) is 0 Å². The van der Waals surface area contributed by atoms with Gasteiger partial charge in [0.25, 0.3) is 0 Å². The van der Waals surface area contributed by atoms with E-state index in [9.17, 15) is 17.6 Å². The van der Waals surface area contributed by atoms with Gasteiger partial charge in [-0.05, 0) is 43.5 Å². The first kappa shape index (κ1) is 14.8. The Morgan fingerprint density at radius 1 is 1.39 bits per heavy atom. The van der Waals surface area contributed by atoms with Gasteiger partial charge in [-0.2, -0.15) is 0 Å². The minimum absolute atomic E-state index is 0.124. The van der Waals surface area contributed by atoms with Crippen molar-refractivity contribution in [3.8, 4) is 0 Å². The molecule has 0 aromatic heterocycles. The molecule has 6 heteroatoms. The first-order valence-electron chi connectivity index (χ1n) is 5.53. The van der Waals surface area contributed by atoms with Gasteiger partial charge in [0, 0.05) is 12.1 Å². The quantitative estimate of drug-likeness (QED) is 0.631. The van der Waals surface area contributed by atoms with Gasteiger partial charge in [-0.3, -0.25) is 4.79 Å². The predicted octanol–water partition coefficient (Wildman–Crippen LogP) is 1.51. The van der Waals surface area contributed by atoms with Crippen molar-refractivity contribution >= 4 is 15.8 Å². The summed E-state index contributed by atoms with van der Waals surface area (Å²) in [6.07, 6.45) is 2.04. The van der Waals surface area contributed by atoms with Crippen molar-refractivity contribution in [2.75, 3.05) is 12.8 Å². The third-order valence-corrected chi connectivity index (χ3v) is 3.16. The molecule has 0 bridgehead atoms. The molecule has 0 saturated heterocycles. The fraction of sp³-hybridized carbons (Fsp3) is 0.417. The SMILES string of the molecule is CC(=O)c1ccc(F)cc1CCCNS(C)(=O)=O. The van der Waals surface area contributed by atoms with Crippen LogP contribution in [-0.2, 0) is 16.4 Å². The number of sulfonamides is 1. The average molecular weight is 273 g/mol. The van der Waals surface area contributed by atoms with E-state index in [4.69, 9.17) is 0 Å². The van der Waals surface area contributed by atoms with Gasteiger partial charge in [-0.15, -0.1) is 0 Å². The number of carbonyl (C=O) groups excluding carboxylic acids is 1. The molecular formula is C12H16FNO3S. The molecule has 18 heavy (non-hydrogen) atoms. The van der Waals surface area contributed by atoms with Crippen molar-refractivity contribution in [3.63, 3.8) is 0 Å². The summed E-state index contributed by atoms with van der Waals surface area (Å²) in [4.78, 5) is 11.3. The van der Waals surface area contributed by atoms with Gasteiger partial charge in [0.2, 0.25) is 10.0 Å². The van der Waals surface area contributed by atoms with Crippen molar-refractivity contribution in [3.05, 3.63) is 35.1 Å². The van der Waals surface area contributed by atoms with E-state index in [2.05, 4.69) is 4.72 Å². The molecule has 1 aromatic carbocycles. The second-order valence-corrected chi connectivity index (χ2v) is 5.96. The standard InChI is InChI=1S/C12H16FNO3S/c1-9(15)12-6-5-11(13)8-10(12)4-3-7-14-18(2,16)17/h5-6,8,14H,3-4,7H2,1-2H3. The van der Waals surface area contributed by atoms with Crippen LogP contribution in [0.1, 0.15) is 29.3 Å². The van der Waals surface area contributed by atoms with Gasteiger partial charge >= 0.3 is 0 Å². The number of hydrogen-bond donors (Lipinski definition) is 1. The van der Waals surface area contributed by atoms with Crippen LogP contribution < -0.4 is 4.72 Å². The molecule has 4 nitrogen and oxygen atoms in total. The van der Waals surface area contributed by atoms with E-state index in [0.717, 1.165) is 6.26 Å². The summed E-state index contributed by atoms with van der Waals surface area (Å²) in [5.41, 5.74) is 1.09. The van der Waals surface area contributed by atoms with Crippen LogP contribution in [0.5, 0.6) is 0 Å². The topological polar surface area (TPSA) is 63.2 Å². The lowest BCUT2D eigenvalue weighted by Crippen LogP contribution is -2.23. The summed E-state index contributed by atoms with van der Waals surface area (Å²) in [6.45, 7) is 1.69. The third kappa shape index (κ3) is 4.93. The molecule has 1 N–H and O–H groups in total. The zero-order chi connectivity index (χ0) is 13.8. The Balaban J connectivity index is 2.66. The second-order valence-electron chi connectivity index (χ2n) is 4.13. The maximum absolute atomic E-state index is 13.1. The van der Waals surface area contributed by atoms with Crippen LogP contribution in [0, 0.1) is 5.82 Å². The summed E-state index contributed by atoms with van der Waals surface area (Å²) in [5.74, 6) is -0.521. The molecule has 0 saturated carbocycles. The Morgan fingerprint density at radius 3 is 2.61 bits per heavy atom. The molecule has 0 unspecified atom stereocenters. The Kier molecular flexibility index (Phi) is 4.98. The third-order valence-electron chi connectivity index (χ3n) is 2.43. The number of halogens is 1. The Hall–Kier alpha value is -1.27. The number of benzene rings is 1. The zero-order valence-electron chi connectivity index (χ0n) is 10.4. The molecule has 1 rings (SSSR count). The van der Waals surface area contributed by atoms with Crippen molar-refractivity contribution in [1.82, 2.24) is 4.72 Å². The number of rotatable bonds is 6. The van der Waals surface area contributed by atoms with Crippen LogP contribution >= 0.6 is 0 Å². The molecule has 0 radical (unpaired) electrons. The highest BCUT2D eigenvalue weighted by atomic mass is 32.2. The summed E-state index contributed by atoms with van der Waals surface area (Å²) >= 11 is 0. The highest BCUT2D eigenvalue weighted by Crippen LogP contribution is 2.14. The Morgan fingerprint density at radius 2 is 2.06 bits per heavy atom. The maximum Gasteiger partial charge on any atom is 0.208 e. The molecule has 0 aliphatic carbocycles. The number of carbonyl (C=O) groups is 1. The molecule has 0 aliphatic rings. The van der Waals surface area contributed by atoms with Crippen molar-refractivity contribution in [1.29, 1.82) is 0 Å². The lowest BCUT2D eigenvalue weighted by molar-refractivity contribution is 0.101. The van der Waals surface area contributed by atoms with Crippen LogP contribution in [0.15, 0.2) is 18.2 Å². The largest absolute Gasteiger partial charge is 0.295 e. The summed E-state index contributed by atoms with van der Waals surface area (Å²) in [6, 6.07) is 4.02. The Bertz CT molecular complexity index is 540. The van der Waals surface area contributed by atoms with E-state index in [1.807, 2.05) is 0 Å². The molecule has 100 valence electrons. The highest BCUT2D eigenvalue weighted by molar-refractivity contribution is 7.88. The molecular weight excluding hydrogens is 257 g/mol. The molecule has 1 aromatic rings. The van der Waals surface area contributed by atoms with Gasteiger partial charge in [0.15, 0.2) is 5.78 Å². The fourth-order valence-electron chi connectivity index (χ4n) is 1.65. The average Bonchev–Trinajstić information content (AvgIpc) is 2.22. The lowest BCUT2D eigenvalue weighted by atomic mass is 10.00. The van der Waals surface area contributed by atoms with Gasteiger partial charge in [0.1, 0.15) is 5.82 Å². The van der Waals surface area contributed by atoms with E-state index >= 15 is 0 Å². The molecule has 0 amide bonds. The first-order chi connectivity index (χ1) is 8.29. The lowest BCUT2D eigenvalue weighted by Gasteiger charge is -2.07. The second kappa shape index (κ2) is 6.06. The number of aryl methyl sites for hydroxylation is 1. The van der Waals surface area contributed by atoms with Crippen LogP contribution in [-0.4, -0.2) is 27.0 Å². The first-order valence-corrected chi connectivity index (χ1v) is 7.43. The van der Waals surface area contributed by atoms with Gasteiger partial charge in [0.05, 0.1) is 6.26 Å². The summed E-state index contributed by atoms with van der Waals surface area (Å²) < 4.78 is 37.1. The summed E-state index contributed by atoms with van der Waals surface area (Å²) in [7, 11) is -3.20. The van der Waals surface area contributed by atoms with Gasteiger partial charge < -0.3 is 0 Å². The fourth-order valence-corrected chi connectivity index (χ4v) is 2.16. The van der Waals surface area contributed by atoms with Crippen LogP contribution in [0.2, 0.25) is 0 Å². The van der Waals surface area contributed by atoms with E-state index in [-0.39, 0.29) is 12.3 Å². The molecule has 0 spiro atoms. The van der Waals surface area contributed by atoms with Crippen LogP contribution in [0.3, 0.4) is 0 Å². The number of hydrogen-bond acceptors (Lipinski definition) is 3. The van der Waals surface area contributed by atoms with E-state index in [0.29, 0.717) is 24.0 Å². The monoisotopic (exact) mass is 273 g/mol. The minimum atomic E-state index is -3.20. The molecule has 0 heterocycles. The minimum Gasteiger partial charge on any atom is -0.295 e. The van der Waals surface area contributed by atoms with Gasteiger partial charge in [-0.25, -0.2) is 17.5 Å². The molecule has 0 atom stereocenters. The highest BCUT2D eigenvalue weighted by Gasteiger charge is 2.08. The van der Waals surface area contributed by atoms with E-state index in [1.165, 1.54) is 25.1 Å². The van der Waals surface area contributed by atoms with Crippen LogP contribution in [0.4, 0.5) is 4.39 Å². The number of ketones is 1. The summed E-state index contributed by atoms with van der Waals surface area (Å²) in [5, 5.41) is 0. The van der Waals surface area contributed by atoms with E-state index in [1.54, 1.807) is 0 Å². The van der Waals surface area contributed by atoms with Crippen molar-refractivity contribution < 1.29 is 17.6 Å². The number of nitrogens with one attached hydrogen (secondary N) is 1. The van der Waals surface area contributed by atoms with Gasteiger partial charge in [-0.1, -0.05) is 0 Å². The molecule has 0 fully saturated rings. The van der Waals surface area contributed by atoms with Crippen molar-refractivity contribution in [2.45, 2.75) is 19.8 Å². The van der Waals surface area contributed by atoms with E-state index < -0.39 is 15.8 Å². The normalized spacial score (nSPS) is 11.5. The predicted molar refractivity (Wildman–Crippen MR) is 67.6 cm³/mol. The Labute approximate surface area is 106 Å². The molecule has 0 aliphatic heterocycles.